The Bertz CT molecular complexity index is 621. The molecule has 0 saturated heterocycles. The lowest BCUT2D eigenvalue weighted by Gasteiger charge is -2.15. The van der Waals surface area contributed by atoms with Gasteiger partial charge < -0.3 is 18.9 Å². The van der Waals surface area contributed by atoms with Crippen molar-refractivity contribution in [2.45, 2.75) is 6.92 Å². The molecule has 0 aliphatic carbocycles. The highest BCUT2D eigenvalue weighted by molar-refractivity contribution is 5.96. The number of fused-ring (bicyclic) bond motifs is 1. The van der Waals surface area contributed by atoms with Crippen LogP contribution in [0.3, 0.4) is 0 Å². The fourth-order valence-electron chi connectivity index (χ4n) is 1.98. The third-order valence-corrected chi connectivity index (χ3v) is 2.79. The molecule has 106 valence electrons. The first-order chi connectivity index (χ1) is 9.71. The highest BCUT2D eigenvalue weighted by atomic mass is 16.7. The zero-order chi connectivity index (χ0) is 14.5. The van der Waals surface area contributed by atoms with Crippen LogP contribution in [-0.4, -0.2) is 27.0 Å². The van der Waals surface area contributed by atoms with Gasteiger partial charge in [-0.15, -0.1) is 0 Å². The largest absolute Gasteiger partial charge is 0.513 e. The molecule has 0 spiro atoms. The molecule has 2 rings (SSSR count). The van der Waals surface area contributed by atoms with E-state index in [9.17, 15) is 4.79 Å². The number of ether oxygens (including phenoxy) is 4. The first kappa shape index (κ1) is 14.0. The van der Waals surface area contributed by atoms with Gasteiger partial charge in [0.2, 0.25) is 0 Å². The van der Waals surface area contributed by atoms with Crippen LogP contribution in [0.15, 0.2) is 30.3 Å². The fourth-order valence-corrected chi connectivity index (χ4v) is 1.98. The quantitative estimate of drug-likeness (QED) is 0.633. The number of rotatable bonds is 4. The van der Waals surface area contributed by atoms with Crippen molar-refractivity contribution in [3.8, 4) is 17.2 Å². The maximum atomic E-state index is 11.3. The van der Waals surface area contributed by atoms with Crippen LogP contribution < -0.4 is 14.2 Å². The molecule has 0 N–H and O–H groups in total. The molecule has 2 aromatic rings. The van der Waals surface area contributed by atoms with E-state index in [-0.39, 0.29) is 0 Å². The molecule has 0 aliphatic rings. The summed E-state index contributed by atoms with van der Waals surface area (Å²) in [7, 11) is 2.84. The van der Waals surface area contributed by atoms with E-state index in [1.165, 1.54) is 7.11 Å². The standard InChI is InChI=1S/C15H16O5/c1-4-19-13-9-12(20-15(16)18-3)10-7-5-6-8-11(10)14(13)17-2/h5-9H,4H2,1-3H3. The molecule has 0 atom stereocenters. The van der Waals surface area contributed by atoms with Gasteiger partial charge in [-0.25, -0.2) is 4.79 Å². The van der Waals surface area contributed by atoms with Crippen LogP contribution in [0.1, 0.15) is 6.92 Å². The molecule has 0 amide bonds. The molecule has 2 aromatic carbocycles. The van der Waals surface area contributed by atoms with Gasteiger partial charge in [0, 0.05) is 16.8 Å². The monoisotopic (exact) mass is 276 g/mol. The minimum atomic E-state index is -0.775. The number of hydrogen-bond donors (Lipinski definition) is 0. The van der Waals surface area contributed by atoms with Gasteiger partial charge in [0.15, 0.2) is 11.5 Å². The Kier molecular flexibility index (Phi) is 4.30. The molecule has 5 heteroatoms. The Morgan fingerprint density at radius 1 is 1.10 bits per heavy atom. The van der Waals surface area contributed by atoms with Gasteiger partial charge in [-0.2, -0.15) is 0 Å². The van der Waals surface area contributed by atoms with Crippen molar-refractivity contribution in [2.75, 3.05) is 20.8 Å². The Balaban J connectivity index is 2.64. The number of carbonyl (C=O) groups excluding carboxylic acids is 1. The van der Waals surface area contributed by atoms with Gasteiger partial charge in [-0.1, -0.05) is 24.3 Å². The molecule has 0 heterocycles. The van der Waals surface area contributed by atoms with Crippen LogP contribution >= 0.6 is 0 Å². The van der Waals surface area contributed by atoms with Gasteiger partial charge >= 0.3 is 6.16 Å². The van der Waals surface area contributed by atoms with E-state index in [2.05, 4.69) is 4.74 Å². The van der Waals surface area contributed by atoms with Crippen LogP contribution in [-0.2, 0) is 4.74 Å². The van der Waals surface area contributed by atoms with Crippen LogP contribution in [0, 0.1) is 0 Å². The van der Waals surface area contributed by atoms with Gasteiger partial charge in [-0.3, -0.25) is 0 Å². The molecular weight excluding hydrogens is 260 g/mol. The average molecular weight is 276 g/mol. The second-order valence-electron chi connectivity index (χ2n) is 3.94. The van der Waals surface area contributed by atoms with E-state index >= 15 is 0 Å². The van der Waals surface area contributed by atoms with Crippen molar-refractivity contribution in [1.82, 2.24) is 0 Å². The van der Waals surface area contributed by atoms with E-state index in [1.807, 2.05) is 31.2 Å². The van der Waals surface area contributed by atoms with Crippen molar-refractivity contribution in [1.29, 1.82) is 0 Å². The lowest BCUT2D eigenvalue weighted by Crippen LogP contribution is -2.08. The van der Waals surface area contributed by atoms with Crippen LogP contribution in [0.25, 0.3) is 10.8 Å². The highest BCUT2D eigenvalue weighted by Gasteiger charge is 2.16. The Morgan fingerprint density at radius 3 is 2.40 bits per heavy atom. The van der Waals surface area contributed by atoms with Crippen LogP contribution in [0.2, 0.25) is 0 Å². The van der Waals surface area contributed by atoms with Gasteiger partial charge in [0.05, 0.1) is 20.8 Å². The molecule has 20 heavy (non-hydrogen) atoms. The maximum absolute atomic E-state index is 11.3. The molecule has 0 aromatic heterocycles. The smallest absolute Gasteiger partial charge is 0.492 e. The van der Waals surface area contributed by atoms with Crippen molar-refractivity contribution in [3.05, 3.63) is 30.3 Å². The molecule has 0 fully saturated rings. The van der Waals surface area contributed by atoms with Gasteiger partial charge in [0.1, 0.15) is 5.75 Å². The first-order valence-corrected chi connectivity index (χ1v) is 6.19. The minimum Gasteiger partial charge on any atom is -0.492 e. The second kappa shape index (κ2) is 6.14. The predicted molar refractivity (Wildman–Crippen MR) is 74.7 cm³/mol. The van der Waals surface area contributed by atoms with E-state index in [0.29, 0.717) is 23.9 Å². The Morgan fingerprint density at radius 2 is 1.80 bits per heavy atom. The fraction of sp³-hybridized carbons (Fsp3) is 0.267. The number of hydrogen-bond acceptors (Lipinski definition) is 5. The third-order valence-electron chi connectivity index (χ3n) is 2.79. The van der Waals surface area contributed by atoms with E-state index in [0.717, 1.165) is 10.8 Å². The minimum absolute atomic E-state index is 0.372. The summed E-state index contributed by atoms with van der Waals surface area (Å²) in [6, 6.07) is 9.07. The number of benzene rings is 2. The summed E-state index contributed by atoms with van der Waals surface area (Å²) in [5, 5.41) is 1.55. The maximum Gasteiger partial charge on any atom is 0.513 e. The van der Waals surface area contributed by atoms with Gasteiger partial charge in [-0.05, 0) is 6.92 Å². The zero-order valence-corrected chi connectivity index (χ0v) is 11.6. The SMILES string of the molecule is CCOc1cc(OC(=O)OC)c2ccccc2c1OC. The predicted octanol–water partition coefficient (Wildman–Crippen LogP) is 3.39. The highest BCUT2D eigenvalue weighted by Crippen LogP contribution is 2.41. The van der Waals surface area contributed by atoms with Crippen molar-refractivity contribution in [2.24, 2.45) is 0 Å². The third kappa shape index (κ3) is 2.61. The van der Waals surface area contributed by atoms with Gasteiger partial charge in [0.25, 0.3) is 0 Å². The topological polar surface area (TPSA) is 54.0 Å². The van der Waals surface area contributed by atoms with Crippen LogP contribution in [0.4, 0.5) is 4.79 Å². The van der Waals surface area contributed by atoms with E-state index < -0.39 is 6.16 Å². The second-order valence-corrected chi connectivity index (χ2v) is 3.94. The molecule has 0 aliphatic heterocycles. The summed E-state index contributed by atoms with van der Waals surface area (Å²) in [5.74, 6) is 1.50. The lowest BCUT2D eigenvalue weighted by molar-refractivity contribution is 0.122. The Hall–Kier alpha value is -2.43. The normalized spacial score (nSPS) is 10.2. The summed E-state index contributed by atoms with van der Waals surface area (Å²) >= 11 is 0. The molecular formula is C15H16O5. The number of methoxy groups -OCH3 is 2. The number of carbonyl (C=O) groups is 1. The summed E-state index contributed by atoms with van der Waals surface area (Å²) in [6.07, 6.45) is -0.775. The summed E-state index contributed by atoms with van der Waals surface area (Å²) in [4.78, 5) is 11.3. The summed E-state index contributed by atoms with van der Waals surface area (Å²) in [5.41, 5.74) is 0. The summed E-state index contributed by atoms with van der Waals surface area (Å²) < 4.78 is 20.6. The Labute approximate surface area is 117 Å². The van der Waals surface area contributed by atoms with Crippen LogP contribution in [0.5, 0.6) is 17.2 Å². The summed E-state index contributed by atoms with van der Waals surface area (Å²) in [6.45, 7) is 2.35. The lowest BCUT2D eigenvalue weighted by atomic mass is 10.1. The first-order valence-electron chi connectivity index (χ1n) is 6.19. The molecule has 5 nitrogen and oxygen atoms in total. The molecule has 0 radical (unpaired) electrons. The van der Waals surface area contributed by atoms with Crippen molar-refractivity contribution < 1.29 is 23.7 Å². The molecule has 0 saturated carbocycles. The average Bonchev–Trinajstić information content (AvgIpc) is 2.47. The molecule has 0 bridgehead atoms. The molecule has 0 unspecified atom stereocenters. The van der Waals surface area contributed by atoms with Crippen molar-refractivity contribution in [3.63, 3.8) is 0 Å². The zero-order valence-electron chi connectivity index (χ0n) is 11.6. The van der Waals surface area contributed by atoms with E-state index in [4.69, 9.17) is 14.2 Å². The van der Waals surface area contributed by atoms with Crippen molar-refractivity contribution >= 4 is 16.9 Å². The van der Waals surface area contributed by atoms with E-state index in [1.54, 1.807) is 13.2 Å².